The van der Waals surface area contributed by atoms with E-state index in [0.717, 1.165) is 87.9 Å². The summed E-state index contributed by atoms with van der Waals surface area (Å²) < 4.78 is 15.6. The van der Waals surface area contributed by atoms with Crippen molar-refractivity contribution in [1.29, 1.82) is 0 Å². The highest BCUT2D eigenvalue weighted by Gasteiger charge is 2.42. The first-order valence-electron chi connectivity index (χ1n) is 18.3. The fourth-order valence-corrected chi connectivity index (χ4v) is 8.57. The van der Waals surface area contributed by atoms with Gasteiger partial charge in [-0.05, 0) is 111 Å². The summed E-state index contributed by atoms with van der Waals surface area (Å²) in [6.45, 7) is 14.5. The summed E-state index contributed by atoms with van der Waals surface area (Å²) in [6, 6.07) is 20.7. The average molecular weight is 731 g/mol. The quantitative estimate of drug-likeness (QED) is 0.0956. The molecule has 1 aliphatic carbocycles. The number of aryl methyl sites for hydroxylation is 1. The Morgan fingerprint density at radius 1 is 1.02 bits per heavy atom. The molecule has 7 nitrogen and oxygen atoms in total. The minimum Gasteiger partial charge on any atom is -0.368 e. The highest BCUT2D eigenvalue weighted by molar-refractivity contribution is 6.35. The van der Waals surface area contributed by atoms with Crippen molar-refractivity contribution in [2.75, 3.05) is 36.0 Å². The number of nitrogens with zero attached hydrogens (tertiary/aromatic N) is 7. The van der Waals surface area contributed by atoms with Crippen LogP contribution in [0.4, 0.5) is 15.8 Å². The van der Waals surface area contributed by atoms with Gasteiger partial charge in [-0.1, -0.05) is 61.0 Å². The molecule has 0 amide bonds. The van der Waals surface area contributed by atoms with Crippen molar-refractivity contribution in [1.82, 2.24) is 20.0 Å². The number of anilines is 2. The Morgan fingerprint density at radius 2 is 1.73 bits per heavy atom. The molecule has 4 aromatic rings. The van der Waals surface area contributed by atoms with Gasteiger partial charge < -0.3 is 9.80 Å². The zero-order valence-electron chi connectivity index (χ0n) is 30.1. The third kappa shape index (κ3) is 8.78. The lowest BCUT2D eigenvalue weighted by atomic mass is 9.77. The van der Waals surface area contributed by atoms with E-state index in [1.54, 1.807) is 23.3 Å². The summed E-state index contributed by atoms with van der Waals surface area (Å²) in [5.41, 5.74) is 6.08. The van der Waals surface area contributed by atoms with Gasteiger partial charge in [-0.25, -0.2) is 4.39 Å². The molecular weight excluding hydrogens is 680 g/mol. The maximum atomic E-state index is 15.6. The van der Waals surface area contributed by atoms with E-state index in [0.29, 0.717) is 34.2 Å². The van der Waals surface area contributed by atoms with E-state index in [2.05, 4.69) is 81.9 Å². The van der Waals surface area contributed by atoms with Gasteiger partial charge in [0.2, 0.25) is 0 Å². The molecular formula is C41H50Cl2FN7. The van der Waals surface area contributed by atoms with Gasteiger partial charge in [-0.2, -0.15) is 20.1 Å². The third-order valence-corrected chi connectivity index (χ3v) is 11.4. The topological polar surface area (TPSA) is 52.8 Å². The Bertz CT molecular complexity index is 1790. The lowest BCUT2D eigenvalue weighted by Gasteiger charge is -2.37. The second kappa shape index (κ2) is 16.6. The van der Waals surface area contributed by atoms with Crippen molar-refractivity contribution in [3.05, 3.63) is 118 Å². The SMILES string of the molecule is C=C(Cc1ccc(N2CCN(c3ccc(CC[C@@H]4CC[C@@](Cn5nccn5)(c5ccc(Cl)cc5Cl)C4)cc3F)CC2)cc1)N(/N=C\C)C(C)CC. The Morgan fingerprint density at radius 3 is 2.39 bits per heavy atom. The van der Waals surface area contributed by atoms with Gasteiger partial charge >= 0.3 is 0 Å². The number of hydrazone groups is 1. The summed E-state index contributed by atoms with van der Waals surface area (Å²) in [7, 11) is 0. The van der Waals surface area contributed by atoms with Crippen molar-refractivity contribution < 1.29 is 4.39 Å². The normalized spacial score (nSPS) is 19.9. The van der Waals surface area contributed by atoms with Crippen molar-refractivity contribution in [3.63, 3.8) is 0 Å². The highest BCUT2D eigenvalue weighted by Crippen LogP contribution is 2.49. The lowest BCUT2D eigenvalue weighted by molar-refractivity contribution is 0.271. The lowest BCUT2D eigenvalue weighted by Crippen LogP contribution is -2.46. The minimum absolute atomic E-state index is 0.136. The van der Waals surface area contributed by atoms with E-state index in [9.17, 15) is 0 Å². The number of aromatic nitrogens is 3. The number of rotatable bonds is 14. The van der Waals surface area contributed by atoms with Crippen LogP contribution in [0.3, 0.4) is 0 Å². The van der Waals surface area contributed by atoms with E-state index >= 15 is 4.39 Å². The molecule has 2 fully saturated rings. The van der Waals surface area contributed by atoms with Crippen molar-refractivity contribution in [2.45, 2.75) is 83.7 Å². The highest BCUT2D eigenvalue weighted by atomic mass is 35.5. The predicted octanol–water partition coefficient (Wildman–Crippen LogP) is 9.58. The molecule has 3 aromatic carbocycles. The first kappa shape index (κ1) is 36.9. The van der Waals surface area contributed by atoms with Gasteiger partial charge in [0.25, 0.3) is 0 Å². The first-order chi connectivity index (χ1) is 24.7. The van der Waals surface area contributed by atoms with Gasteiger partial charge in [0.05, 0.1) is 24.6 Å². The molecule has 1 saturated heterocycles. The molecule has 6 rings (SSSR count). The van der Waals surface area contributed by atoms with E-state index in [-0.39, 0.29) is 11.2 Å². The zero-order chi connectivity index (χ0) is 36.0. The fraction of sp³-hybridized carbons (Fsp3) is 0.439. The maximum Gasteiger partial charge on any atom is 0.146 e. The number of allylic oxidation sites excluding steroid dienone is 1. The molecule has 1 aliphatic heterocycles. The van der Waals surface area contributed by atoms with E-state index < -0.39 is 0 Å². The zero-order valence-corrected chi connectivity index (χ0v) is 31.6. The number of halogens is 3. The smallest absolute Gasteiger partial charge is 0.146 e. The van der Waals surface area contributed by atoms with Crippen molar-refractivity contribution in [2.24, 2.45) is 11.0 Å². The molecule has 0 spiro atoms. The van der Waals surface area contributed by atoms with Crippen LogP contribution in [0.2, 0.25) is 10.0 Å². The van der Waals surface area contributed by atoms with Gasteiger partial charge in [0.15, 0.2) is 0 Å². The third-order valence-electron chi connectivity index (χ3n) is 10.9. The van der Waals surface area contributed by atoms with Crippen molar-refractivity contribution in [3.8, 4) is 0 Å². The molecule has 0 N–H and O–H groups in total. The number of benzene rings is 3. The van der Waals surface area contributed by atoms with Crippen LogP contribution in [0.5, 0.6) is 0 Å². The van der Waals surface area contributed by atoms with Crippen molar-refractivity contribution >= 4 is 40.8 Å². The van der Waals surface area contributed by atoms with Crippen LogP contribution in [0.25, 0.3) is 0 Å². The maximum absolute atomic E-state index is 15.6. The Kier molecular flexibility index (Phi) is 12.0. The summed E-state index contributed by atoms with van der Waals surface area (Å²) in [5, 5.41) is 16.7. The summed E-state index contributed by atoms with van der Waals surface area (Å²) in [6.07, 6.45) is 11.9. The summed E-state index contributed by atoms with van der Waals surface area (Å²) in [5.74, 6) is 0.355. The fourth-order valence-electron chi connectivity index (χ4n) is 7.96. The second-order valence-electron chi connectivity index (χ2n) is 14.3. The molecule has 10 heteroatoms. The van der Waals surface area contributed by atoms with E-state index in [4.69, 9.17) is 23.2 Å². The molecule has 1 aromatic heterocycles. The molecule has 2 aliphatic rings. The van der Waals surface area contributed by atoms with Crippen LogP contribution in [0.1, 0.15) is 69.6 Å². The van der Waals surface area contributed by atoms with Crippen LogP contribution in [0.15, 0.2) is 90.4 Å². The van der Waals surface area contributed by atoms with Gasteiger partial charge in [-0.3, -0.25) is 5.01 Å². The predicted molar refractivity (Wildman–Crippen MR) is 210 cm³/mol. The molecule has 1 saturated carbocycles. The largest absolute Gasteiger partial charge is 0.368 e. The van der Waals surface area contributed by atoms with Gasteiger partial charge in [-0.15, -0.1) is 0 Å². The molecule has 1 unspecified atom stereocenters. The van der Waals surface area contributed by atoms with Crippen LogP contribution in [0, 0.1) is 11.7 Å². The van der Waals surface area contributed by atoms with E-state index in [1.807, 2.05) is 36.3 Å². The standard InChI is InChI=1S/C41H50Cl2FN7/c1-5-30(3)51(45-6-2)31(4)25-32-9-13-36(14-10-32)48-21-23-49(24-22-48)40-16-11-33(26-39(40)44)7-8-34-17-18-41(28-34,29-50-46-19-20-47-50)37-15-12-35(42)27-38(37)43/h6,9-16,19-20,26-27,30,34H,4-5,7-8,17-18,21-25,28-29H2,1-3H3/b45-6-/t30?,34-,41-/m1/s1. The van der Waals surface area contributed by atoms with Crippen LogP contribution in [-0.4, -0.2) is 58.4 Å². The Labute approximate surface area is 312 Å². The van der Waals surface area contributed by atoms with Crippen LogP contribution < -0.4 is 9.80 Å². The monoisotopic (exact) mass is 729 g/mol. The molecule has 270 valence electrons. The summed E-state index contributed by atoms with van der Waals surface area (Å²) in [4.78, 5) is 6.33. The van der Waals surface area contributed by atoms with E-state index in [1.165, 1.54) is 11.3 Å². The Hall–Kier alpha value is -3.88. The molecule has 0 radical (unpaired) electrons. The van der Waals surface area contributed by atoms with Gasteiger partial charge in [0.1, 0.15) is 5.82 Å². The van der Waals surface area contributed by atoms with Gasteiger partial charge in [0, 0.05) is 71.7 Å². The number of hydrogen-bond acceptors (Lipinski definition) is 6. The summed E-state index contributed by atoms with van der Waals surface area (Å²) >= 11 is 13.0. The molecule has 0 bridgehead atoms. The molecule has 51 heavy (non-hydrogen) atoms. The molecule has 2 heterocycles. The average Bonchev–Trinajstić information content (AvgIpc) is 3.80. The number of piperazine rings is 1. The minimum atomic E-state index is -0.168. The Balaban J connectivity index is 1.02. The van der Waals surface area contributed by atoms with Crippen LogP contribution >= 0.6 is 23.2 Å². The second-order valence-corrected chi connectivity index (χ2v) is 15.1. The first-order valence-corrected chi connectivity index (χ1v) is 19.1. The number of hydrogen-bond donors (Lipinski definition) is 0. The van der Waals surface area contributed by atoms with Crippen LogP contribution in [-0.2, 0) is 24.8 Å². The molecule has 3 atom stereocenters.